The van der Waals surface area contributed by atoms with Gasteiger partial charge in [0, 0.05) is 4.47 Å². The number of hydrogen-bond acceptors (Lipinski definition) is 4. The van der Waals surface area contributed by atoms with Gasteiger partial charge < -0.3 is 20.3 Å². The lowest BCUT2D eigenvalue weighted by atomic mass is 10.0. The number of benzene rings is 1. The summed E-state index contributed by atoms with van der Waals surface area (Å²) in [5.74, 6) is -1.35. The Kier molecular flexibility index (Phi) is 5.74. The number of nitrogens with one attached hydrogen (secondary N) is 1. The molecule has 0 radical (unpaired) electrons. The predicted molar refractivity (Wildman–Crippen MR) is 79.9 cm³/mol. The summed E-state index contributed by atoms with van der Waals surface area (Å²) < 4.78 is 5.79. The van der Waals surface area contributed by atoms with E-state index in [1.54, 1.807) is 45.0 Å². The van der Waals surface area contributed by atoms with E-state index in [0.29, 0.717) is 5.56 Å². The second-order valence-electron chi connectivity index (χ2n) is 5.46. The number of carboxylic acid groups (broad SMARTS) is 1. The number of alkyl carbamates (subject to hydrolysis) is 1. The zero-order valence-corrected chi connectivity index (χ0v) is 13.5. The molecule has 2 unspecified atom stereocenters. The molecule has 6 nitrogen and oxygen atoms in total. The molecular weight excluding hydrogens is 342 g/mol. The van der Waals surface area contributed by atoms with Crippen LogP contribution in [0.15, 0.2) is 28.7 Å². The molecule has 0 aliphatic carbocycles. The number of aliphatic carboxylic acids is 1. The zero-order valence-electron chi connectivity index (χ0n) is 12.0. The summed E-state index contributed by atoms with van der Waals surface area (Å²) in [6.45, 7) is 4.98. The van der Waals surface area contributed by atoms with E-state index in [1.165, 1.54) is 0 Å². The Labute approximate surface area is 131 Å². The molecule has 1 amide bonds. The van der Waals surface area contributed by atoms with Gasteiger partial charge in [0.05, 0.1) is 0 Å². The molecule has 0 saturated heterocycles. The monoisotopic (exact) mass is 359 g/mol. The van der Waals surface area contributed by atoms with Crippen molar-refractivity contribution in [2.24, 2.45) is 0 Å². The van der Waals surface area contributed by atoms with Gasteiger partial charge in [0.2, 0.25) is 0 Å². The number of carboxylic acids is 1. The number of amides is 1. The number of rotatable bonds is 4. The van der Waals surface area contributed by atoms with E-state index >= 15 is 0 Å². The van der Waals surface area contributed by atoms with Gasteiger partial charge in [-0.25, -0.2) is 9.59 Å². The van der Waals surface area contributed by atoms with Crippen molar-refractivity contribution in [2.45, 2.75) is 38.5 Å². The number of aliphatic hydroxyl groups excluding tert-OH is 1. The standard InChI is InChI=1S/C14H18BrNO5/c1-14(2,3)21-13(20)16-10(12(18)19)11(17)8-4-6-9(15)7-5-8/h4-7,10-11,17H,1-3H3,(H,16,20)(H,18,19). The SMILES string of the molecule is CC(C)(C)OC(=O)NC(C(=O)O)C(O)c1ccc(Br)cc1. The van der Waals surface area contributed by atoms with Gasteiger partial charge in [0.15, 0.2) is 6.04 Å². The number of aliphatic hydroxyl groups is 1. The van der Waals surface area contributed by atoms with Crippen LogP contribution in [0.3, 0.4) is 0 Å². The second kappa shape index (κ2) is 6.91. The summed E-state index contributed by atoms with van der Waals surface area (Å²) in [6.07, 6.45) is -2.28. The fraction of sp³-hybridized carbons (Fsp3) is 0.429. The Morgan fingerprint density at radius 2 is 1.76 bits per heavy atom. The lowest BCUT2D eigenvalue weighted by Gasteiger charge is -2.24. The maximum Gasteiger partial charge on any atom is 0.408 e. The van der Waals surface area contributed by atoms with Crippen LogP contribution in [-0.2, 0) is 9.53 Å². The quantitative estimate of drug-likeness (QED) is 0.767. The van der Waals surface area contributed by atoms with Gasteiger partial charge in [-0.05, 0) is 38.5 Å². The number of hydrogen-bond donors (Lipinski definition) is 3. The van der Waals surface area contributed by atoms with E-state index in [-0.39, 0.29) is 0 Å². The second-order valence-corrected chi connectivity index (χ2v) is 6.37. The first-order valence-corrected chi connectivity index (χ1v) is 7.05. The molecule has 1 aromatic carbocycles. The van der Waals surface area contributed by atoms with Crippen LogP contribution in [0.2, 0.25) is 0 Å². The molecule has 0 saturated carbocycles. The minimum absolute atomic E-state index is 0.377. The molecule has 0 fully saturated rings. The van der Waals surface area contributed by atoms with Crippen LogP contribution in [0, 0.1) is 0 Å². The van der Waals surface area contributed by atoms with Gasteiger partial charge in [0.25, 0.3) is 0 Å². The van der Waals surface area contributed by atoms with Crippen molar-refractivity contribution in [3.63, 3.8) is 0 Å². The van der Waals surface area contributed by atoms with Crippen molar-refractivity contribution in [3.05, 3.63) is 34.3 Å². The van der Waals surface area contributed by atoms with Gasteiger partial charge in [-0.2, -0.15) is 0 Å². The summed E-state index contributed by atoms with van der Waals surface area (Å²) in [4.78, 5) is 22.9. The van der Waals surface area contributed by atoms with Crippen LogP contribution in [0.4, 0.5) is 4.79 Å². The van der Waals surface area contributed by atoms with Gasteiger partial charge in [-0.1, -0.05) is 28.1 Å². The molecule has 0 spiro atoms. The first-order chi connectivity index (χ1) is 9.60. The Morgan fingerprint density at radius 1 is 1.24 bits per heavy atom. The highest BCUT2D eigenvalue weighted by Gasteiger charge is 2.31. The molecule has 116 valence electrons. The third-order valence-electron chi connectivity index (χ3n) is 2.47. The van der Waals surface area contributed by atoms with Crippen molar-refractivity contribution in [1.29, 1.82) is 0 Å². The summed E-state index contributed by atoms with van der Waals surface area (Å²) in [5.41, 5.74) is -0.378. The third kappa shape index (κ3) is 5.73. The lowest BCUT2D eigenvalue weighted by molar-refractivity contribution is -0.142. The van der Waals surface area contributed by atoms with E-state index in [1.807, 2.05) is 0 Å². The maximum absolute atomic E-state index is 11.6. The molecule has 3 N–H and O–H groups in total. The highest BCUT2D eigenvalue weighted by molar-refractivity contribution is 9.10. The van der Waals surface area contributed by atoms with Gasteiger partial charge in [0.1, 0.15) is 11.7 Å². The summed E-state index contributed by atoms with van der Waals surface area (Å²) in [5, 5.41) is 21.5. The molecule has 0 bridgehead atoms. The fourth-order valence-corrected chi connectivity index (χ4v) is 1.83. The summed E-state index contributed by atoms with van der Waals surface area (Å²) in [6, 6.07) is 4.99. The van der Waals surface area contributed by atoms with E-state index in [4.69, 9.17) is 9.84 Å². The first kappa shape index (κ1) is 17.5. The van der Waals surface area contributed by atoms with E-state index in [9.17, 15) is 14.7 Å². The van der Waals surface area contributed by atoms with Crippen molar-refractivity contribution >= 4 is 28.0 Å². The van der Waals surface area contributed by atoms with E-state index in [2.05, 4.69) is 21.2 Å². The average Bonchev–Trinajstić information content (AvgIpc) is 2.33. The molecule has 0 aliphatic heterocycles. The van der Waals surface area contributed by atoms with Crippen LogP contribution >= 0.6 is 15.9 Å². The van der Waals surface area contributed by atoms with E-state index < -0.39 is 29.8 Å². The Hall–Kier alpha value is -1.60. The number of ether oxygens (including phenoxy) is 1. The van der Waals surface area contributed by atoms with Gasteiger partial charge >= 0.3 is 12.1 Å². The number of carbonyl (C=O) groups is 2. The average molecular weight is 360 g/mol. The number of halogens is 1. The van der Waals surface area contributed by atoms with Crippen molar-refractivity contribution in [3.8, 4) is 0 Å². The molecular formula is C14H18BrNO5. The maximum atomic E-state index is 11.6. The van der Waals surface area contributed by atoms with Crippen LogP contribution in [0.25, 0.3) is 0 Å². The zero-order chi connectivity index (χ0) is 16.2. The lowest BCUT2D eigenvalue weighted by Crippen LogP contribution is -2.46. The largest absolute Gasteiger partial charge is 0.480 e. The topological polar surface area (TPSA) is 95.9 Å². The summed E-state index contributed by atoms with van der Waals surface area (Å²) in [7, 11) is 0. The summed E-state index contributed by atoms with van der Waals surface area (Å²) >= 11 is 3.25. The van der Waals surface area contributed by atoms with Crippen molar-refractivity contribution in [2.75, 3.05) is 0 Å². The molecule has 1 aromatic rings. The van der Waals surface area contributed by atoms with Crippen LogP contribution in [0.5, 0.6) is 0 Å². The molecule has 0 heterocycles. The molecule has 7 heteroatoms. The van der Waals surface area contributed by atoms with Crippen LogP contribution < -0.4 is 5.32 Å². The molecule has 0 aromatic heterocycles. The normalized spacial score (nSPS) is 14.1. The van der Waals surface area contributed by atoms with Crippen LogP contribution in [-0.4, -0.2) is 33.9 Å². The molecule has 2 atom stereocenters. The molecule has 21 heavy (non-hydrogen) atoms. The van der Waals surface area contributed by atoms with E-state index in [0.717, 1.165) is 4.47 Å². The first-order valence-electron chi connectivity index (χ1n) is 6.26. The Bertz CT molecular complexity index is 509. The molecule has 1 rings (SSSR count). The highest BCUT2D eigenvalue weighted by atomic mass is 79.9. The van der Waals surface area contributed by atoms with Gasteiger partial charge in [-0.15, -0.1) is 0 Å². The predicted octanol–water partition coefficient (Wildman–Crippen LogP) is 2.46. The Balaban J connectivity index is 2.84. The minimum atomic E-state index is -1.50. The van der Waals surface area contributed by atoms with Crippen molar-refractivity contribution < 1.29 is 24.5 Å². The highest BCUT2D eigenvalue weighted by Crippen LogP contribution is 2.20. The smallest absolute Gasteiger partial charge is 0.408 e. The minimum Gasteiger partial charge on any atom is -0.480 e. The third-order valence-corrected chi connectivity index (χ3v) is 2.99. The van der Waals surface area contributed by atoms with Gasteiger partial charge in [-0.3, -0.25) is 0 Å². The number of carbonyl (C=O) groups excluding carboxylic acids is 1. The Morgan fingerprint density at radius 3 is 2.19 bits per heavy atom. The van der Waals surface area contributed by atoms with Crippen LogP contribution in [0.1, 0.15) is 32.4 Å². The fourth-order valence-electron chi connectivity index (χ4n) is 1.56. The van der Waals surface area contributed by atoms with Crippen molar-refractivity contribution in [1.82, 2.24) is 5.32 Å². The molecule has 0 aliphatic rings.